The predicted octanol–water partition coefficient (Wildman–Crippen LogP) is 2.86. The van der Waals surface area contributed by atoms with Crippen LogP contribution in [0.1, 0.15) is 11.1 Å². The van der Waals surface area contributed by atoms with E-state index in [0.29, 0.717) is 36.8 Å². The van der Waals surface area contributed by atoms with E-state index in [1.165, 1.54) is 4.31 Å². The smallest absolute Gasteiger partial charge is 0.218 e. The Hall–Kier alpha value is -2.07. The molecule has 0 N–H and O–H groups in total. The van der Waals surface area contributed by atoms with Gasteiger partial charge in [-0.1, -0.05) is 41.9 Å². The van der Waals surface area contributed by atoms with Gasteiger partial charge in [0.15, 0.2) is 0 Å². The van der Waals surface area contributed by atoms with Crippen molar-refractivity contribution < 1.29 is 8.42 Å². The molecule has 0 amide bonds. The molecule has 25 heavy (non-hydrogen) atoms. The summed E-state index contributed by atoms with van der Waals surface area (Å²) >= 11 is 5.94. The maximum Gasteiger partial charge on any atom is 0.218 e. The van der Waals surface area contributed by atoms with Crippen LogP contribution in [0.2, 0.25) is 5.02 Å². The molecule has 2 aromatic rings. The molecular weight excluding hydrogens is 358 g/mol. The van der Waals surface area contributed by atoms with Crippen molar-refractivity contribution in [1.29, 1.82) is 5.26 Å². The molecule has 0 radical (unpaired) electrons. The number of anilines is 1. The third kappa shape index (κ3) is 4.13. The molecule has 130 valence electrons. The first-order valence-electron chi connectivity index (χ1n) is 7.96. The Morgan fingerprint density at radius 2 is 1.72 bits per heavy atom. The number of nitrogens with zero attached hydrogens (tertiary/aromatic N) is 3. The van der Waals surface area contributed by atoms with Gasteiger partial charge in [0.2, 0.25) is 10.0 Å². The zero-order valence-corrected chi connectivity index (χ0v) is 15.2. The number of sulfonamides is 1. The molecule has 5 nitrogen and oxygen atoms in total. The Balaban J connectivity index is 1.69. The maximum atomic E-state index is 12.6. The van der Waals surface area contributed by atoms with Crippen LogP contribution in [0.15, 0.2) is 48.5 Å². The first-order chi connectivity index (χ1) is 12.0. The van der Waals surface area contributed by atoms with E-state index in [2.05, 4.69) is 6.07 Å². The van der Waals surface area contributed by atoms with Crippen LogP contribution in [0, 0.1) is 11.3 Å². The average Bonchev–Trinajstić information content (AvgIpc) is 2.62. The topological polar surface area (TPSA) is 64.4 Å². The molecule has 2 aromatic carbocycles. The van der Waals surface area contributed by atoms with Gasteiger partial charge in [-0.3, -0.25) is 0 Å². The van der Waals surface area contributed by atoms with Gasteiger partial charge in [-0.15, -0.1) is 0 Å². The lowest BCUT2D eigenvalue weighted by molar-refractivity contribution is 0.384. The van der Waals surface area contributed by atoms with E-state index in [1.54, 1.807) is 12.1 Å². The van der Waals surface area contributed by atoms with E-state index in [9.17, 15) is 13.7 Å². The second-order valence-electron chi connectivity index (χ2n) is 5.90. The lowest BCUT2D eigenvalue weighted by Crippen LogP contribution is -2.49. The zero-order valence-electron chi connectivity index (χ0n) is 13.6. The van der Waals surface area contributed by atoms with E-state index in [1.807, 2.05) is 41.3 Å². The molecular formula is C18H18ClN3O2S. The van der Waals surface area contributed by atoms with Crippen LogP contribution in [0.5, 0.6) is 0 Å². The number of hydrogen-bond acceptors (Lipinski definition) is 4. The summed E-state index contributed by atoms with van der Waals surface area (Å²) in [6.45, 7) is 1.90. The maximum absolute atomic E-state index is 12.6. The van der Waals surface area contributed by atoms with Crippen molar-refractivity contribution in [3.8, 4) is 6.07 Å². The molecule has 1 heterocycles. The lowest BCUT2D eigenvalue weighted by atomic mass is 10.1. The van der Waals surface area contributed by atoms with Crippen LogP contribution in [0.25, 0.3) is 0 Å². The first kappa shape index (κ1) is 17.7. The second kappa shape index (κ2) is 7.44. The average molecular weight is 376 g/mol. The quantitative estimate of drug-likeness (QED) is 0.824. The molecule has 1 aliphatic heterocycles. The third-order valence-electron chi connectivity index (χ3n) is 4.24. The number of benzene rings is 2. The molecule has 3 rings (SSSR count). The van der Waals surface area contributed by atoms with E-state index in [4.69, 9.17) is 11.6 Å². The van der Waals surface area contributed by atoms with Crippen molar-refractivity contribution in [3.63, 3.8) is 0 Å². The van der Waals surface area contributed by atoms with E-state index in [-0.39, 0.29) is 5.75 Å². The molecule has 0 spiro atoms. The van der Waals surface area contributed by atoms with E-state index in [0.717, 1.165) is 11.3 Å². The van der Waals surface area contributed by atoms with Gasteiger partial charge >= 0.3 is 0 Å². The minimum Gasteiger partial charge on any atom is -0.368 e. The molecule has 1 fully saturated rings. The van der Waals surface area contributed by atoms with E-state index < -0.39 is 10.0 Å². The molecule has 0 aliphatic carbocycles. The minimum atomic E-state index is -3.34. The summed E-state index contributed by atoms with van der Waals surface area (Å²) in [6.07, 6.45) is 0. The number of piperazine rings is 1. The number of hydrogen-bond donors (Lipinski definition) is 0. The van der Waals surface area contributed by atoms with Gasteiger partial charge < -0.3 is 4.90 Å². The number of rotatable bonds is 4. The van der Waals surface area contributed by atoms with Crippen LogP contribution < -0.4 is 4.90 Å². The highest BCUT2D eigenvalue weighted by Gasteiger charge is 2.27. The summed E-state index contributed by atoms with van der Waals surface area (Å²) in [5.41, 5.74) is 2.09. The Kier molecular flexibility index (Phi) is 5.28. The fraction of sp³-hybridized carbons (Fsp3) is 0.278. The fourth-order valence-electron chi connectivity index (χ4n) is 2.96. The summed E-state index contributed by atoms with van der Waals surface area (Å²) in [5, 5.41) is 9.80. The van der Waals surface area contributed by atoms with Crippen molar-refractivity contribution in [2.24, 2.45) is 0 Å². The largest absolute Gasteiger partial charge is 0.368 e. The molecule has 1 saturated heterocycles. The van der Waals surface area contributed by atoms with Gasteiger partial charge in [0.25, 0.3) is 0 Å². The van der Waals surface area contributed by atoms with Crippen LogP contribution in [-0.4, -0.2) is 38.9 Å². The second-order valence-corrected chi connectivity index (χ2v) is 8.31. The normalized spacial score (nSPS) is 15.8. The summed E-state index contributed by atoms with van der Waals surface area (Å²) in [4.78, 5) is 2.03. The zero-order chi connectivity index (χ0) is 17.9. The van der Waals surface area contributed by atoms with Gasteiger partial charge in [-0.2, -0.15) is 9.57 Å². The summed E-state index contributed by atoms with van der Waals surface area (Å²) in [6, 6.07) is 16.5. The van der Waals surface area contributed by atoms with Gasteiger partial charge in [-0.05, 0) is 23.8 Å². The molecule has 1 aliphatic rings. The Morgan fingerprint density at radius 3 is 2.36 bits per heavy atom. The number of halogens is 1. The van der Waals surface area contributed by atoms with E-state index >= 15 is 0 Å². The summed E-state index contributed by atoms with van der Waals surface area (Å²) < 4.78 is 26.7. The highest BCUT2D eigenvalue weighted by molar-refractivity contribution is 7.88. The third-order valence-corrected chi connectivity index (χ3v) is 6.33. The van der Waals surface area contributed by atoms with Crippen molar-refractivity contribution >= 4 is 27.3 Å². The molecule has 0 aromatic heterocycles. The lowest BCUT2D eigenvalue weighted by Gasteiger charge is -2.35. The van der Waals surface area contributed by atoms with Gasteiger partial charge in [0, 0.05) is 31.2 Å². The number of nitriles is 1. The fourth-order valence-corrected chi connectivity index (χ4v) is 4.64. The van der Waals surface area contributed by atoms with Crippen LogP contribution in [-0.2, 0) is 15.8 Å². The molecule has 7 heteroatoms. The Morgan fingerprint density at radius 1 is 1.04 bits per heavy atom. The van der Waals surface area contributed by atoms with Gasteiger partial charge in [-0.25, -0.2) is 8.42 Å². The van der Waals surface area contributed by atoms with Crippen molar-refractivity contribution in [2.45, 2.75) is 5.75 Å². The van der Waals surface area contributed by atoms with Crippen molar-refractivity contribution in [1.82, 2.24) is 4.31 Å². The Bertz CT molecular complexity index is 886. The highest BCUT2D eigenvalue weighted by atomic mass is 35.5. The van der Waals surface area contributed by atoms with Crippen molar-refractivity contribution in [2.75, 3.05) is 31.1 Å². The Labute approximate surface area is 153 Å². The predicted molar refractivity (Wildman–Crippen MR) is 99.0 cm³/mol. The SMILES string of the molecule is N#Cc1cc(Cl)ccc1N1CCN(S(=O)(=O)Cc2ccccc2)CC1. The first-order valence-corrected chi connectivity index (χ1v) is 9.95. The molecule has 0 atom stereocenters. The summed E-state index contributed by atoms with van der Waals surface area (Å²) in [5.74, 6) is 0.0121. The molecule has 0 unspecified atom stereocenters. The van der Waals surface area contributed by atoms with Gasteiger partial charge in [0.1, 0.15) is 6.07 Å². The highest BCUT2D eigenvalue weighted by Crippen LogP contribution is 2.25. The molecule has 0 saturated carbocycles. The van der Waals surface area contributed by atoms with Gasteiger partial charge in [0.05, 0.1) is 17.0 Å². The van der Waals surface area contributed by atoms with Crippen LogP contribution in [0.3, 0.4) is 0 Å². The summed E-state index contributed by atoms with van der Waals surface area (Å²) in [7, 11) is -3.34. The van der Waals surface area contributed by atoms with Crippen LogP contribution in [0.4, 0.5) is 5.69 Å². The minimum absolute atomic E-state index is 0.0121. The standard InChI is InChI=1S/C18H18ClN3O2S/c19-17-6-7-18(16(12-17)13-20)21-8-10-22(11-9-21)25(23,24)14-15-4-2-1-3-5-15/h1-7,12H,8-11,14H2. The molecule has 0 bridgehead atoms. The van der Waals surface area contributed by atoms with Crippen LogP contribution >= 0.6 is 11.6 Å². The van der Waals surface area contributed by atoms with Crippen molar-refractivity contribution in [3.05, 3.63) is 64.7 Å². The monoisotopic (exact) mass is 375 g/mol.